The molecule has 0 saturated carbocycles. The third kappa shape index (κ3) is 3.66. The van der Waals surface area contributed by atoms with Crippen LogP contribution in [0.1, 0.15) is 12.8 Å². The van der Waals surface area contributed by atoms with Crippen molar-refractivity contribution < 1.29 is 14.3 Å². The number of halogens is 1. The van der Waals surface area contributed by atoms with Crippen molar-refractivity contribution in [2.24, 2.45) is 7.05 Å². The van der Waals surface area contributed by atoms with E-state index in [0.717, 1.165) is 17.4 Å². The summed E-state index contributed by atoms with van der Waals surface area (Å²) in [6.07, 6.45) is 1.45. The Morgan fingerprint density at radius 1 is 1.30 bits per heavy atom. The van der Waals surface area contributed by atoms with Crippen molar-refractivity contribution in [2.45, 2.75) is 18.9 Å². The molecule has 2 fully saturated rings. The zero-order chi connectivity index (χ0) is 16.4. The van der Waals surface area contributed by atoms with Crippen LogP contribution in [0.5, 0.6) is 0 Å². The van der Waals surface area contributed by atoms with Gasteiger partial charge in [-0.2, -0.15) is 5.10 Å². The minimum Gasteiger partial charge on any atom is -0.368 e. The van der Waals surface area contributed by atoms with Gasteiger partial charge in [0.05, 0.1) is 0 Å². The first-order chi connectivity index (χ1) is 11.0. The van der Waals surface area contributed by atoms with Crippen molar-refractivity contribution >= 4 is 33.7 Å². The Kier molecular flexibility index (Phi) is 4.86. The average Bonchev–Trinajstić information content (AvgIpc) is 3.17. The van der Waals surface area contributed by atoms with Crippen LogP contribution in [0.2, 0.25) is 0 Å². The van der Waals surface area contributed by atoms with Crippen LogP contribution in [0.4, 0.5) is 10.6 Å². The monoisotopic (exact) mass is 385 g/mol. The van der Waals surface area contributed by atoms with Crippen LogP contribution in [0.3, 0.4) is 0 Å². The lowest BCUT2D eigenvalue weighted by Gasteiger charge is -2.35. The van der Waals surface area contributed by atoms with Crippen molar-refractivity contribution in [2.75, 3.05) is 38.1 Å². The fraction of sp³-hybridized carbons (Fsp3) is 0.643. The molecule has 1 aromatic heterocycles. The highest BCUT2D eigenvalue weighted by atomic mass is 79.9. The van der Waals surface area contributed by atoms with Gasteiger partial charge in [0.2, 0.25) is 0 Å². The fourth-order valence-electron chi connectivity index (χ4n) is 2.80. The van der Waals surface area contributed by atoms with Crippen LogP contribution in [0.15, 0.2) is 10.7 Å². The van der Waals surface area contributed by atoms with Gasteiger partial charge < -0.3 is 14.5 Å². The maximum absolute atomic E-state index is 12.3. The van der Waals surface area contributed by atoms with E-state index in [1.54, 1.807) is 27.6 Å². The Balaban J connectivity index is 1.50. The topological polar surface area (TPSA) is 79.7 Å². The predicted molar refractivity (Wildman–Crippen MR) is 87.1 cm³/mol. The number of hydrogen-bond acceptors (Lipinski definition) is 4. The molecule has 1 atom stereocenters. The number of amides is 3. The molecule has 0 aromatic carbocycles. The molecule has 2 aliphatic heterocycles. The lowest BCUT2D eigenvalue weighted by molar-refractivity contribution is -0.142. The summed E-state index contributed by atoms with van der Waals surface area (Å²) in [6, 6.07) is 1.55. The van der Waals surface area contributed by atoms with Crippen molar-refractivity contribution in [3.05, 3.63) is 10.7 Å². The summed E-state index contributed by atoms with van der Waals surface area (Å²) in [6.45, 7) is 2.77. The number of nitrogens with zero attached hydrogens (tertiary/aromatic N) is 4. The second-order valence-corrected chi connectivity index (χ2v) is 6.53. The number of urea groups is 1. The number of piperazine rings is 1. The normalized spacial score (nSPS) is 21.6. The van der Waals surface area contributed by atoms with Crippen LogP contribution < -0.4 is 5.32 Å². The summed E-state index contributed by atoms with van der Waals surface area (Å²) in [7, 11) is 1.79. The summed E-state index contributed by atoms with van der Waals surface area (Å²) in [5.41, 5.74) is 0. The first-order valence-corrected chi connectivity index (χ1v) is 8.50. The quantitative estimate of drug-likeness (QED) is 0.824. The van der Waals surface area contributed by atoms with Gasteiger partial charge in [0.1, 0.15) is 10.7 Å². The Morgan fingerprint density at radius 3 is 2.57 bits per heavy atom. The van der Waals surface area contributed by atoms with E-state index >= 15 is 0 Å². The Labute approximate surface area is 142 Å². The summed E-state index contributed by atoms with van der Waals surface area (Å²) in [5.74, 6) is 0.554. The molecule has 3 amide bonds. The Bertz CT molecular complexity index is 572. The van der Waals surface area contributed by atoms with Crippen molar-refractivity contribution in [1.82, 2.24) is 19.6 Å². The lowest BCUT2D eigenvalue weighted by atomic mass is 10.2. The largest absolute Gasteiger partial charge is 0.368 e. The standard InChI is InChI=1S/C14H20BrN5O3/c1-18-11(15)9-12(17-18)16-14(22)20-6-4-19(5-7-20)13(21)10-3-2-8-23-10/h9-10H,2-8H2,1H3,(H,16,17,22). The summed E-state index contributed by atoms with van der Waals surface area (Å²) in [5, 5.41) is 6.94. The van der Waals surface area contributed by atoms with E-state index in [4.69, 9.17) is 4.74 Å². The maximum atomic E-state index is 12.3. The van der Waals surface area contributed by atoms with E-state index in [1.807, 2.05) is 0 Å². The SMILES string of the molecule is Cn1nc(NC(=O)N2CCN(C(=O)C3CCCO3)CC2)cc1Br. The number of carbonyl (C=O) groups is 2. The summed E-state index contributed by atoms with van der Waals surface area (Å²) >= 11 is 3.34. The molecule has 0 spiro atoms. The Morgan fingerprint density at radius 2 is 2.00 bits per heavy atom. The third-order valence-electron chi connectivity index (χ3n) is 4.14. The van der Waals surface area contributed by atoms with Crippen LogP contribution in [0.25, 0.3) is 0 Å². The van der Waals surface area contributed by atoms with Gasteiger partial charge in [0.15, 0.2) is 5.82 Å². The summed E-state index contributed by atoms with van der Waals surface area (Å²) < 4.78 is 7.86. The minimum atomic E-state index is -0.291. The first kappa shape index (κ1) is 16.3. The molecule has 0 radical (unpaired) electrons. The van der Waals surface area contributed by atoms with Crippen LogP contribution in [-0.4, -0.2) is 70.4 Å². The third-order valence-corrected chi connectivity index (χ3v) is 4.88. The van der Waals surface area contributed by atoms with Crippen LogP contribution in [0, 0.1) is 0 Å². The highest BCUT2D eigenvalue weighted by Gasteiger charge is 2.31. The van der Waals surface area contributed by atoms with E-state index in [-0.39, 0.29) is 18.0 Å². The molecule has 8 nitrogen and oxygen atoms in total. The maximum Gasteiger partial charge on any atom is 0.323 e. The van der Waals surface area contributed by atoms with Crippen LogP contribution in [-0.2, 0) is 16.6 Å². The number of ether oxygens (including phenoxy) is 1. The molecular formula is C14H20BrN5O3. The molecule has 9 heteroatoms. The molecule has 0 aliphatic carbocycles. The van der Waals surface area contributed by atoms with E-state index in [2.05, 4.69) is 26.3 Å². The van der Waals surface area contributed by atoms with Gasteiger partial charge in [-0.1, -0.05) is 0 Å². The number of anilines is 1. The highest BCUT2D eigenvalue weighted by Crippen LogP contribution is 2.17. The zero-order valence-electron chi connectivity index (χ0n) is 13.0. The molecule has 1 aromatic rings. The molecule has 2 aliphatic rings. The van der Waals surface area contributed by atoms with E-state index in [0.29, 0.717) is 38.6 Å². The number of aromatic nitrogens is 2. The number of aryl methyl sites for hydroxylation is 1. The molecule has 3 rings (SSSR count). The number of hydrogen-bond donors (Lipinski definition) is 1. The van der Waals surface area contributed by atoms with Gasteiger partial charge in [0, 0.05) is 45.9 Å². The minimum absolute atomic E-state index is 0.0521. The molecule has 3 heterocycles. The average molecular weight is 386 g/mol. The first-order valence-electron chi connectivity index (χ1n) is 7.70. The highest BCUT2D eigenvalue weighted by molar-refractivity contribution is 9.10. The molecule has 1 N–H and O–H groups in total. The molecule has 126 valence electrons. The van der Waals surface area contributed by atoms with Gasteiger partial charge in [0.25, 0.3) is 5.91 Å². The molecule has 0 bridgehead atoms. The zero-order valence-corrected chi connectivity index (χ0v) is 14.6. The van der Waals surface area contributed by atoms with E-state index < -0.39 is 0 Å². The molecular weight excluding hydrogens is 366 g/mol. The smallest absolute Gasteiger partial charge is 0.323 e. The van der Waals surface area contributed by atoms with E-state index in [1.165, 1.54) is 0 Å². The van der Waals surface area contributed by atoms with Gasteiger partial charge in [-0.15, -0.1) is 0 Å². The van der Waals surface area contributed by atoms with Crippen molar-refractivity contribution in [1.29, 1.82) is 0 Å². The fourth-order valence-corrected chi connectivity index (χ4v) is 3.10. The Hall–Kier alpha value is -1.61. The van der Waals surface area contributed by atoms with Crippen LogP contribution >= 0.6 is 15.9 Å². The van der Waals surface area contributed by atoms with Crippen molar-refractivity contribution in [3.63, 3.8) is 0 Å². The predicted octanol–water partition coefficient (Wildman–Crippen LogP) is 1.04. The molecule has 2 saturated heterocycles. The van der Waals surface area contributed by atoms with E-state index in [9.17, 15) is 9.59 Å². The number of rotatable bonds is 2. The van der Waals surface area contributed by atoms with Gasteiger partial charge >= 0.3 is 6.03 Å². The summed E-state index contributed by atoms with van der Waals surface area (Å²) in [4.78, 5) is 28.0. The van der Waals surface area contributed by atoms with Gasteiger partial charge in [-0.25, -0.2) is 4.79 Å². The van der Waals surface area contributed by atoms with Gasteiger partial charge in [-0.3, -0.25) is 14.8 Å². The number of nitrogens with one attached hydrogen (secondary N) is 1. The van der Waals surface area contributed by atoms with Crippen molar-refractivity contribution in [3.8, 4) is 0 Å². The second-order valence-electron chi connectivity index (χ2n) is 5.72. The lowest BCUT2D eigenvalue weighted by Crippen LogP contribution is -2.53. The molecule has 23 heavy (non-hydrogen) atoms. The van der Waals surface area contributed by atoms with Gasteiger partial charge in [-0.05, 0) is 28.8 Å². The second kappa shape index (κ2) is 6.88. The number of carbonyl (C=O) groups excluding carboxylic acids is 2. The molecule has 1 unspecified atom stereocenters.